The summed E-state index contributed by atoms with van der Waals surface area (Å²) < 4.78 is 0.935. The molecular weight excluding hydrogens is 300 g/mol. The Morgan fingerprint density at radius 1 is 1.11 bits per heavy atom. The molecule has 0 fully saturated rings. The number of halogens is 1. The highest BCUT2D eigenvalue weighted by Gasteiger charge is 2.20. The van der Waals surface area contributed by atoms with Crippen molar-refractivity contribution in [2.45, 2.75) is 18.9 Å². The standard InChI is InChI=1S/C16H13BrN2/c17-14-5-11(10-18)6-15(9-14)19-16-7-12-3-1-2-4-13(12)8-16/h1-6,9,16,19H,7-8H2. The fourth-order valence-electron chi connectivity index (χ4n) is 2.63. The first-order valence-corrected chi connectivity index (χ1v) is 7.08. The van der Waals surface area contributed by atoms with Crippen LogP contribution < -0.4 is 5.32 Å². The molecule has 0 amide bonds. The first-order valence-electron chi connectivity index (χ1n) is 6.28. The molecule has 0 spiro atoms. The summed E-state index contributed by atoms with van der Waals surface area (Å²) in [5, 5.41) is 12.5. The highest BCUT2D eigenvalue weighted by atomic mass is 79.9. The second-order valence-corrected chi connectivity index (χ2v) is 5.77. The monoisotopic (exact) mass is 312 g/mol. The highest BCUT2D eigenvalue weighted by molar-refractivity contribution is 9.10. The van der Waals surface area contributed by atoms with E-state index in [0.717, 1.165) is 23.0 Å². The van der Waals surface area contributed by atoms with Crippen LogP contribution in [0.25, 0.3) is 0 Å². The van der Waals surface area contributed by atoms with Gasteiger partial charge in [-0.25, -0.2) is 0 Å². The number of hydrogen-bond donors (Lipinski definition) is 1. The van der Waals surface area contributed by atoms with Crippen LogP contribution in [0.5, 0.6) is 0 Å². The molecule has 3 rings (SSSR count). The van der Waals surface area contributed by atoms with Gasteiger partial charge >= 0.3 is 0 Å². The van der Waals surface area contributed by atoms with Gasteiger partial charge in [-0.3, -0.25) is 0 Å². The van der Waals surface area contributed by atoms with Crippen LogP contribution in [-0.2, 0) is 12.8 Å². The second-order valence-electron chi connectivity index (χ2n) is 4.86. The SMILES string of the molecule is N#Cc1cc(Br)cc(NC2Cc3ccccc3C2)c1. The minimum absolute atomic E-state index is 0.415. The first-order chi connectivity index (χ1) is 9.24. The van der Waals surface area contributed by atoms with E-state index in [4.69, 9.17) is 5.26 Å². The predicted molar refractivity (Wildman–Crippen MR) is 80.1 cm³/mol. The van der Waals surface area contributed by atoms with Crippen molar-refractivity contribution in [1.82, 2.24) is 0 Å². The van der Waals surface area contributed by atoms with Crippen molar-refractivity contribution < 1.29 is 0 Å². The number of nitrogens with one attached hydrogen (secondary N) is 1. The topological polar surface area (TPSA) is 35.8 Å². The van der Waals surface area contributed by atoms with E-state index in [1.807, 2.05) is 18.2 Å². The van der Waals surface area contributed by atoms with E-state index < -0.39 is 0 Å². The molecule has 0 heterocycles. The fraction of sp³-hybridized carbons (Fsp3) is 0.188. The van der Waals surface area contributed by atoms with Crippen molar-refractivity contribution in [3.05, 3.63) is 63.6 Å². The third-order valence-corrected chi connectivity index (χ3v) is 3.91. The summed E-state index contributed by atoms with van der Waals surface area (Å²) in [6.07, 6.45) is 2.09. The molecule has 94 valence electrons. The zero-order chi connectivity index (χ0) is 13.2. The lowest BCUT2D eigenvalue weighted by Gasteiger charge is -2.14. The van der Waals surface area contributed by atoms with Crippen LogP contribution in [0.15, 0.2) is 46.9 Å². The van der Waals surface area contributed by atoms with Gasteiger partial charge in [-0.15, -0.1) is 0 Å². The lowest BCUT2D eigenvalue weighted by Crippen LogP contribution is -2.19. The second kappa shape index (κ2) is 5.07. The van der Waals surface area contributed by atoms with E-state index in [0.29, 0.717) is 11.6 Å². The van der Waals surface area contributed by atoms with Crippen molar-refractivity contribution in [2.24, 2.45) is 0 Å². The summed E-state index contributed by atoms with van der Waals surface area (Å²) in [6.45, 7) is 0. The Kier molecular flexibility index (Phi) is 3.27. The van der Waals surface area contributed by atoms with Crippen LogP contribution in [0.4, 0.5) is 5.69 Å². The van der Waals surface area contributed by atoms with Crippen LogP contribution in [0, 0.1) is 11.3 Å². The number of benzene rings is 2. The molecule has 0 aliphatic heterocycles. The molecular formula is C16H13BrN2. The Hall–Kier alpha value is -1.79. The molecule has 2 nitrogen and oxygen atoms in total. The number of nitrogens with zero attached hydrogens (tertiary/aromatic N) is 1. The highest BCUT2D eigenvalue weighted by Crippen LogP contribution is 2.26. The molecule has 0 atom stereocenters. The first kappa shape index (κ1) is 12.3. The van der Waals surface area contributed by atoms with Crippen LogP contribution >= 0.6 is 15.9 Å². The average Bonchev–Trinajstić information content (AvgIpc) is 2.80. The van der Waals surface area contributed by atoms with Gasteiger partial charge in [0.2, 0.25) is 0 Å². The van der Waals surface area contributed by atoms with E-state index in [9.17, 15) is 0 Å². The average molecular weight is 313 g/mol. The molecule has 2 aromatic rings. The summed E-state index contributed by atoms with van der Waals surface area (Å²) >= 11 is 3.44. The summed E-state index contributed by atoms with van der Waals surface area (Å²) in [4.78, 5) is 0. The molecule has 0 unspecified atom stereocenters. The van der Waals surface area contributed by atoms with Gasteiger partial charge in [0, 0.05) is 16.2 Å². The number of rotatable bonds is 2. The Labute approximate surface area is 121 Å². The molecule has 3 heteroatoms. The molecule has 1 aliphatic rings. The van der Waals surface area contributed by atoms with Crippen LogP contribution in [0.2, 0.25) is 0 Å². The molecule has 1 aliphatic carbocycles. The van der Waals surface area contributed by atoms with Gasteiger partial charge in [-0.05, 0) is 42.2 Å². The summed E-state index contributed by atoms with van der Waals surface area (Å²) in [6, 6.07) is 16.9. The molecule has 0 bridgehead atoms. The van der Waals surface area contributed by atoms with E-state index in [2.05, 4.69) is 51.6 Å². The van der Waals surface area contributed by atoms with Gasteiger partial charge in [0.15, 0.2) is 0 Å². The van der Waals surface area contributed by atoms with E-state index >= 15 is 0 Å². The summed E-state index contributed by atoms with van der Waals surface area (Å²) in [5.74, 6) is 0. The van der Waals surface area contributed by atoms with Gasteiger partial charge < -0.3 is 5.32 Å². The Morgan fingerprint density at radius 3 is 2.42 bits per heavy atom. The normalized spacial score (nSPS) is 13.9. The number of anilines is 1. The molecule has 0 aromatic heterocycles. The van der Waals surface area contributed by atoms with Crippen molar-refractivity contribution in [2.75, 3.05) is 5.32 Å². The van der Waals surface area contributed by atoms with Crippen molar-refractivity contribution >= 4 is 21.6 Å². The van der Waals surface area contributed by atoms with E-state index in [-0.39, 0.29) is 0 Å². The number of fused-ring (bicyclic) bond motifs is 1. The largest absolute Gasteiger partial charge is 0.382 e. The maximum absolute atomic E-state index is 8.99. The molecule has 1 N–H and O–H groups in total. The smallest absolute Gasteiger partial charge is 0.0992 e. The molecule has 0 saturated carbocycles. The maximum atomic E-state index is 8.99. The Bertz CT molecular complexity index is 633. The molecule has 2 aromatic carbocycles. The maximum Gasteiger partial charge on any atom is 0.0992 e. The minimum Gasteiger partial charge on any atom is -0.382 e. The third-order valence-electron chi connectivity index (χ3n) is 3.45. The lowest BCUT2D eigenvalue weighted by atomic mass is 10.1. The van der Waals surface area contributed by atoms with E-state index in [1.165, 1.54) is 11.1 Å². The third kappa shape index (κ3) is 2.64. The predicted octanol–water partition coefficient (Wildman–Crippen LogP) is 3.90. The van der Waals surface area contributed by atoms with Crippen LogP contribution in [-0.4, -0.2) is 6.04 Å². The molecule has 0 radical (unpaired) electrons. The van der Waals surface area contributed by atoms with Crippen molar-refractivity contribution in [3.8, 4) is 6.07 Å². The Balaban J connectivity index is 1.78. The summed E-state index contributed by atoms with van der Waals surface area (Å²) in [7, 11) is 0. The number of hydrogen-bond acceptors (Lipinski definition) is 2. The Morgan fingerprint density at radius 2 is 1.79 bits per heavy atom. The quantitative estimate of drug-likeness (QED) is 0.913. The van der Waals surface area contributed by atoms with Crippen LogP contribution in [0.1, 0.15) is 16.7 Å². The summed E-state index contributed by atoms with van der Waals surface area (Å²) in [5.41, 5.74) is 4.53. The fourth-order valence-corrected chi connectivity index (χ4v) is 3.13. The van der Waals surface area contributed by atoms with Gasteiger partial charge in [0.25, 0.3) is 0 Å². The van der Waals surface area contributed by atoms with Crippen LogP contribution in [0.3, 0.4) is 0 Å². The van der Waals surface area contributed by atoms with Gasteiger partial charge in [-0.2, -0.15) is 5.26 Å². The van der Waals surface area contributed by atoms with Gasteiger partial charge in [0.05, 0.1) is 11.6 Å². The zero-order valence-corrected chi connectivity index (χ0v) is 11.9. The number of nitriles is 1. The minimum atomic E-state index is 0.415. The van der Waals surface area contributed by atoms with Crippen molar-refractivity contribution in [1.29, 1.82) is 5.26 Å². The lowest BCUT2D eigenvalue weighted by molar-refractivity contribution is 0.774. The molecule has 19 heavy (non-hydrogen) atoms. The van der Waals surface area contributed by atoms with Gasteiger partial charge in [0.1, 0.15) is 0 Å². The molecule has 0 saturated heterocycles. The zero-order valence-electron chi connectivity index (χ0n) is 10.4. The van der Waals surface area contributed by atoms with E-state index in [1.54, 1.807) is 0 Å². The van der Waals surface area contributed by atoms with Crippen molar-refractivity contribution in [3.63, 3.8) is 0 Å². The van der Waals surface area contributed by atoms with Gasteiger partial charge in [-0.1, -0.05) is 40.2 Å².